The van der Waals surface area contributed by atoms with Crippen molar-refractivity contribution in [3.63, 3.8) is 0 Å². The summed E-state index contributed by atoms with van der Waals surface area (Å²) in [6.45, 7) is 2.86. The highest BCUT2D eigenvalue weighted by molar-refractivity contribution is 5.69. The number of benzene rings is 2. The third kappa shape index (κ3) is 2.90. The van der Waals surface area contributed by atoms with E-state index in [-0.39, 0.29) is 0 Å². The molecule has 0 saturated carbocycles. The molecule has 1 N–H and O–H groups in total. The van der Waals surface area contributed by atoms with Gasteiger partial charge in [0.1, 0.15) is 11.9 Å². The third-order valence-electron chi connectivity index (χ3n) is 4.30. The van der Waals surface area contributed by atoms with Gasteiger partial charge in [-0.1, -0.05) is 30.3 Å². The molecule has 0 unspecified atom stereocenters. The van der Waals surface area contributed by atoms with Crippen LogP contribution in [0.1, 0.15) is 16.8 Å². The van der Waals surface area contributed by atoms with Crippen molar-refractivity contribution in [3.8, 4) is 6.07 Å². The van der Waals surface area contributed by atoms with Gasteiger partial charge in [0.05, 0.1) is 11.3 Å². The lowest BCUT2D eigenvalue weighted by atomic mass is 10.2. The van der Waals surface area contributed by atoms with Crippen LogP contribution in [0.3, 0.4) is 0 Å². The van der Waals surface area contributed by atoms with E-state index in [2.05, 4.69) is 44.5 Å². The number of anilines is 4. The molecule has 1 aliphatic heterocycles. The minimum absolute atomic E-state index is 0.502. The molecule has 0 fully saturated rings. The number of hydrogen-bond donors (Lipinski definition) is 1. The first-order chi connectivity index (χ1) is 12.2. The number of aryl methyl sites for hydroxylation is 1. The van der Waals surface area contributed by atoms with Gasteiger partial charge in [-0.25, -0.2) is 4.98 Å². The average molecular weight is 327 g/mol. The molecule has 0 radical (unpaired) electrons. The minimum Gasteiger partial charge on any atom is -0.326 e. The first-order valence-corrected chi connectivity index (χ1v) is 8.22. The number of hydrogen-bond acceptors (Lipinski definition) is 5. The normalized spacial score (nSPS) is 12.6. The summed E-state index contributed by atoms with van der Waals surface area (Å²) in [5, 5.41) is 12.4. The van der Waals surface area contributed by atoms with Crippen molar-refractivity contribution in [1.82, 2.24) is 9.97 Å². The van der Waals surface area contributed by atoms with Crippen LogP contribution in [0, 0.1) is 18.3 Å². The second-order valence-corrected chi connectivity index (χ2v) is 6.00. The minimum atomic E-state index is 0.502. The lowest BCUT2D eigenvalue weighted by molar-refractivity contribution is 0.959. The summed E-state index contributed by atoms with van der Waals surface area (Å²) in [6, 6.07) is 19.9. The highest BCUT2D eigenvalue weighted by Crippen LogP contribution is 2.34. The van der Waals surface area contributed by atoms with Crippen molar-refractivity contribution in [2.75, 3.05) is 16.8 Å². The number of fused-ring (bicyclic) bond motifs is 1. The van der Waals surface area contributed by atoms with Crippen LogP contribution in [-0.4, -0.2) is 16.5 Å². The maximum atomic E-state index is 9.25. The number of nitrogens with one attached hydrogen (secondary N) is 1. The van der Waals surface area contributed by atoms with Gasteiger partial charge < -0.3 is 10.2 Å². The summed E-state index contributed by atoms with van der Waals surface area (Å²) < 4.78 is 0. The van der Waals surface area contributed by atoms with Crippen LogP contribution in [-0.2, 0) is 6.42 Å². The van der Waals surface area contributed by atoms with Crippen LogP contribution in [0.25, 0.3) is 0 Å². The second-order valence-electron chi connectivity index (χ2n) is 6.00. The molecular weight excluding hydrogens is 310 g/mol. The third-order valence-corrected chi connectivity index (χ3v) is 4.30. The summed E-state index contributed by atoms with van der Waals surface area (Å²) in [6.07, 6.45) is 1.01. The van der Waals surface area contributed by atoms with Crippen LogP contribution in [0.4, 0.5) is 23.1 Å². The Labute approximate surface area is 146 Å². The standard InChI is InChI=1S/C20H17N5/c1-14-12-19(25-11-10-15-6-3-5-9-18(15)25)24-20(22-14)23-17-8-4-2-7-16(17)13-21/h2-9,12H,10-11H2,1H3,(H,22,23,24). The quantitative estimate of drug-likeness (QED) is 0.785. The van der Waals surface area contributed by atoms with Crippen LogP contribution in [0.5, 0.6) is 0 Å². The van der Waals surface area contributed by atoms with Gasteiger partial charge >= 0.3 is 0 Å². The van der Waals surface area contributed by atoms with E-state index >= 15 is 0 Å². The lowest BCUT2D eigenvalue weighted by Crippen LogP contribution is -2.16. The van der Waals surface area contributed by atoms with Crippen LogP contribution >= 0.6 is 0 Å². The van der Waals surface area contributed by atoms with E-state index in [0.29, 0.717) is 17.2 Å². The molecule has 0 saturated heterocycles. The fraction of sp³-hybridized carbons (Fsp3) is 0.150. The summed E-state index contributed by atoms with van der Waals surface area (Å²) in [7, 11) is 0. The number of nitriles is 1. The van der Waals surface area contributed by atoms with E-state index in [0.717, 1.165) is 24.5 Å². The highest BCUT2D eigenvalue weighted by Gasteiger charge is 2.21. The Bertz CT molecular complexity index is 974. The van der Waals surface area contributed by atoms with Gasteiger partial charge in [-0.15, -0.1) is 0 Å². The summed E-state index contributed by atoms with van der Waals surface area (Å²) in [5.41, 5.74) is 4.70. The van der Waals surface area contributed by atoms with Gasteiger partial charge in [-0.2, -0.15) is 10.2 Å². The Morgan fingerprint density at radius 2 is 1.88 bits per heavy atom. The Morgan fingerprint density at radius 3 is 2.76 bits per heavy atom. The molecule has 0 bridgehead atoms. The molecule has 4 rings (SSSR count). The van der Waals surface area contributed by atoms with Crippen molar-refractivity contribution in [1.29, 1.82) is 5.26 Å². The molecule has 1 aliphatic rings. The van der Waals surface area contributed by atoms with Gasteiger partial charge in [0.15, 0.2) is 0 Å². The van der Waals surface area contributed by atoms with E-state index in [1.165, 1.54) is 11.3 Å². The van der Waals surface area contributed by atoms with E-state index in [9.17, 15) is 5.26 Å². The first kappa shape index (κ1) is 15.2. The smallest absolute Gasteiger partial charge is 0.229 e. The Hall–Kier alpha value is -3.39. The molecule has 25 heavy (non-hydrogen) atoms. The summed E-state index contributed by atoms with van der Waals surface area (Å²) >= 11 is 0. The van der Waals surface area contributed by atoms with Gasteiger partial charge in [0.25, 0.3) is 0 Å². The summed E-state index contributed by atoms with van der Waals surface area (Å²) in [4.78, 5) is 11.4. The highest BCUT2D eigenvalue weighted by atomic mass is 15.2. The summed E-state index contributed by atoms with van der Waals surface area (Å²) in [5.74, 6) is 1.37. The topological polar surface area (TPSA) is 64.8 Å². The molecule has 5 heteroatoms. The van der Waals surface area contributed by atoms with Crippen molar-refractivity contribution in [3.05, 3.63) is 71.4 Å². The maximum absolute atomic E-state index is 9.25. The largest absolute Gasteiger partial charge is 0.326 e. The Morgan fingerprint density at radius 1 is 1.08 bits per heavy atom. The van der Waals surface area contributed by atoms with Crippen molar-refractivity contribution in [2.24, 2.45) is 0 Å². The zero-order chi connectivity index (χ0) is 17.2. The fourth-order valence-corrected chi connectivity index (χ4v) is 3.13. The Kier molecular flexibility index (Phi) is 3.79. The maximum Gasteiger partial charge on any atom is 0.229 e. The zero-order valence-electron chi connectivity index (χ0n) is 13.9. The molecule has 3 aromatic rings. The predicted octanol–water partition coefficient (Wildman–Crippen LogP) is 4.09. The van der Waals surface area contributed by atoms with E-state index in [1.54, 1.807) is 6.07 Å². The van der Waals surface area contributed by atoms with Crippen molar-refractivity contribution < 1.29 is 0 Å². The monoisotopic (exact) mass is 327 g/mol. The number of aromatic nitrogens is 2. The Balaban J connectivity index is 1.70. The number of nitrogens with zero attached hydrogens (tertiary/aromatic N) is 4. The predicted molar refractivity (Wildman–Crippen MR) is 98.4 cm³/mol. The van der Waals surface area contributed by atoms with Crippen LogP contribution < -0.4 is 10.2 Å². The molecule has 0 spiro atoms. The molecule has 0 amide bonds. The SMILES string of the molecule is Cc1cc(N2CCc3ccccc32)nc(Nc2ccccc2C#N)n1. The second kappa shape index (κ2) is 6.25. The lowest BCUT2D eigenvalue weighted by Gasteiger charge is -2.19. The van der Waals surface area contributed by atoms with E-state index < -0.39 is 0 Å². The number of para-hydroxylation sites is 2. The average Bonchev–Trinajstić information content (AvgIpc) is 3.06. The molecule has 5 nitrogen and oxygen atoms in total. The van der Waals surface area contributed by atoms with Gasteiger partial charge in [0.2, 0.25) is 5.95 Å². The van der Waals surface area contributed by atoms with E-state index in [1.807, 2.05) is 37.3 Å². The molecule has 0 atom stereocenters. The number of rotatable bonds is 3. The van der Waals surface area contributed by atoms with Crippen LogP contribution in [0.15, 0.2) is 54.6 Å². The van der Waals surface area contributed by atoms with Crippen molar-refractivity contribution in [2.45, 2.75) is 13.3 Å². The molecule has 0 aliphatic carbocycles. The fourth-order valence-electron chi connectivity index (χ4n) is 3.13. The molecule has 2 heterocycles. The van der Waals surface area contributed by atoms with Gasteiger partial charge in [0, 0.05) is 24.0 Å². The molecule has 122 valence electrons. The molecular formula is C20H17N5. The molecule has 2 aromatic carbocycles. The van der Waals surface area contributed by atoms with Gasteiger partial charge in [-0.05, 0) is 37.1 Å². The van der Waals surface area contributed by atoms with Crippen molar-refractivity contribution >= 4 is 23.1 Å². The first-order valence-electron chi connectivity index (χ1n) is 8.22. The van der Waals surface area contributed by atoms with E-state index in [4.69, 9.17) is 0 Å². The zero-order valence-corrected chi connectivity index (χ0v) is 13.9. The molecule has 1 aromatic heterocycles. The van der Waals surface area contributed by atoms with Crippen LogP contribution in [0.2, 0.25) is 0 Å². The van der Waals surface area contributed by atoms with Gasteiger partial charge in [-0.3, -0.25) is 0 Å².